The molecule has 1 fully saturated rings. The van der Waals surface area contributed by atoms with Crippen molar-refractivity contribution in [1.29, 1.82) is 0 Å². The molecule has 0 N–H and O–H groups in total. The number of carbonyl (C=O) groups is 1. The number of ether oxygens (including phenoxy) is 1. The number of fused-ring (bicyclic) bond motifs is 1. The quantitative estimate of drug-likeness (QED) is 0.531. The zero-order valence-corrected chi connectivity index (χ0v) is 16.3. The Balaban J connectivity index is 1.38. The molecule has 2 aliphatic rings. The van der Waals surface area contributed by atoms with Gasteiger partial charge >= 0.3 is 17.9 Å². The second-order valence-electron chi connectivity index (χ2n) is 7.07. The van der Waals surface area contributed by atoms with Gasteiger partial charge in [0.2, 0.25) is 0 Å². The average molecular weight is 436 g/mol. The SMILES string of the molecule is CC1(CN2CCN(Cc3ccc(Br)cc3)C2=O)Cn2cc([N+](=O)[O-])nc2O1. The van der Waals surface area contributed by atoms with E-state index in [1.807, 2.05) is 36.1 Å². The van der Waals surface area contributed by atoms with Gasteiger partial charge < -0.3 is 24.7 Å². The van der Waals surface area contributed by atoms with Gasteiger partial charge in [0, 0.05) is 29.1 Å². The number of rotatable bonds is 5. The number of hydrogen-bond acceptors (Lipinski definition) is 5. The first-order valence-electron chi connectivity index (χ1n) is 8.52. The number of aromatic nitrogens is 2. The van der Waals surface area contributed by atoms with E-state index >= 15 is 0 Å². The molecule has 3 heterocycles. The summed E-state index contributed by atoms with van der Waals surface area (Å²) >= 11 is 3.41. The van der Waals surface area contributed by atoms with E-state index in [4.69, 9.17) is 4.74 Å². The Labute approximate surface area is 163 Å². The van der Waals surface area contributed by atoms with Crippen LogP contribution in [0, 0.1) is 10.1 Å². The summed E-state index contributed by atoms with van der Waals surface area (Å²) in [5, 5.41) is 10.8. The van der Waals surface area contributed by atoms with Crippen molar-refractivity contribution < 1.29 is 14.5 Å². The number of nitrogens with zero attached hydrogens (tertiary/aromatic N) is 5. The van der Waals surface area contributed by atoms with E-state index in [1.165, 1.54) is 6.20 Å². The molecule has 0 aliphatic carbocycles. The number of halogens is 1. The van der Waals surface area contributed by atoms with Gasteiger partial charge in [-0.05, 0) is 29.5 Å². The van der Waals surface area contributed by atoms with Crippen LogP contribution in [-0.2, 0) is 13.1 Å². The van der Waals surface area contributed by atoms with Crippen LogP contribution in [0.4, 0.5) is 10.6 Å². The third-order valence-electron chi connectivity index (χ3n) is 4.75. The second kappa shape index (κ2) is 6.52. The topological polar surface area (TPSA) is 93.7 Å². The van der Waals surface area contributed by atoms with E-state index in [9.17, 15) is 14.9 Å². The third kappa shape index (κ3) is 3.48. The van der Waals surface area contributed by atoms with Crippen molar-refractivity contribution >= 4 is 27.8 Å². The Kier molecular flexibility index (Phi) is 4.29. The maximum Gasteiger partial charge on any atom is 0.415 e. The molecule has 142 valence electrons. The van der Waals surface area contributed by atoms with Crippen LogP contribution in [0.1, 0.15) is 12.5 Å². The summed E-state index contributed by atoms with van der Waals surface area (Å²) < 4.78 is 8.46. The van der Waals surface area contributed by atoms with Crippen molar-refractivity contribution in [3.8, 4) is 6.01 Å². The highest BCUT2D eigenvalue weighted by molar-refractivity contribution is 9.10. The monoisotopic (exact) mass is 435 g/mol. The summed E-state index contributed by atoms with van der Waals surface area (Å²) in [6.07, 6.45) is 1.37. The first-order chi connectivity index (χ1) is 12.8. The normalized spacial score (nSPS) is 21.5. The highest BCUT2D eigenvalue weighted by atomic mass is 79.9. The van der Waals surface area contributed by atoms with Gasteiger partial charge in [-0.15, -0.1) is 0 Å². The lowest BCUT2D eigenvalue weighted by Crippen LogP contribution is -2.46. The molecule has 0 saturated carbocycles. The lowest BCUT2D eigenvalue weighted by molar-refractivity contribution is -0.389. The Morgan fingerprint density at radius 2 is 2.00 bits per heavy atom. The van der Waals surface area contributed by atoms with Crippen LogP contribution < -0.4 is 4.74 Å². The fourth-order valence-corrected chi connectivity index (χ4v) is 3.77. The van der Waals surface area contributed by atoms with Crippen molar-refractivity contribution in [2.75, 3.05) is 19.6 Å². The van der Waals surface area contributed by atoms with Gasteiger partial charge in [-0.3, -0.25) is 4.57 Å². The summed E-state index contributed by atoms with van der Waals surface area (Å²) in [7, 11) is 0. The Morgan fingerprint density at radius 1 is 1.30 bits per heavy atom. The highest BCUT2D eigenvalue weighted by Crippen LogP contribution is 2.32. The predicted octanol–water partition coefficient (Wildman–Crippen LogP) is 2.64. The van der Waals surface area contributed by atoms with E-state index in [0.29, 0.717) is 32.7 Å². The lowest BCUT2D eigenvalue weighted by atomic mass is 10.1. The van der Waals surface area contributed by atoms with Crippen molar-refractivity contribution in [2.24, 2.45) is 0 Å². The Morgan fingerprint density at radius 3 is 2.67 bits per heavy atom. The second-order valence-corrected chi connectivity index (χ2v) is 7.99. The smallest absolute Gasteiger partial charge is 0.415 e. The molecule has 0 bridgehead atoms. The van der Waals surface area contributed by atoms with Gasteiger partial charge in [0.25, 0.3) is 0 Å². The summed E-state index contributed by atoms with van der Waals surface area (Å²) in [5.74, 6) is -0.232. The molecule has 27 heavy (non-hydrogen) atoms. The minimum atomic E-state index is -0.652. The van der Waals surface area contributed by atoms with Gasteiger partial charge in [0.05, 0.1) is 13.1 Å². The number of urea groups is 1. The molecule has 2 amide bonds. The van der Waals surface area contributed by atoms with E-state index < -0.39 is 10.5 Å². The molecular weight excluding hydrogens is 418 g/mol. The molecule has 2 aromatic rings. The molecule has 2 aliphatic heterocycles. The van der Waals surface area contributed by atoms with E-state index in [-0.39, 0.29) is 17.9 Å². The van der Waals surface area contributed by atoms with Gasteiger partial charge in [-0.25, -0.2) is 4.79 Å². The van der Waals surface area contributed by atoms with Crippen molar-refractivity contribution in [2.45, 2.75) is 25.6 Å². The summed E-state index contributed by atoms with van der Waals surface area (Å²) in [6, 6.07) is 8.10. The summed E-state index contributed by atoms with van der Waals surface area (Å²) in [5.41, 5.74) is 0.421. The summed E-state index contributed by atoms with van der Waals surface area (Å²) in [6.45, 7) is 4.55. The molecule has 1 unspecified atom stereocenters. The molecule has 1 atom stereocenters. The fourth-order valence-electron chi connectivity index (χ4n) is 3.50. The number of benzene rings is 1. The maximum absolute atomic E-state index is 12.7. The largest absolute Gasteiger partial charge is 0.436 e. The number of hydrogen-bond donors (Lipinski definition) is 0. The minimum absolute atomic E-state index is 0.0294. The maximum atomic E-state index is 12.7. The average Bonchev–Trinajstić information content (AvgIpc) is 3.23. The number of carbonyl (C=O) groups excluding carboxylic acids is 1. The minimum Gasteiger partial charge on any atom is -0.436 e. The van der Waals surface area contributed by atoms with Crippen molar-refractivity contribution in [3.63, 3.8) is 0 Å². The molecule has 9 nitrogen and oxygen atoms in total. The third-order valence-corrected chi connectivity index (χ3v) is 5.28. The van der Waals surface area contributed by atoms with Crippen molar-refractivity contribution in [1.82, 2.24) is 19.4 Å². The van der Waals surface area contributed by atoms with Crippen LogP contribution >= 0.6 is 15.9 Å². The Bertz CT molecular complexity index is 874. The number of imidazole rings is 1. The molecule has 0 radical (unpaired) electrons. The van der Waals surface area contributed by atoms with Crippen molar-refractivity contribution in [3.05, 3.63) is 50.6 Å². The van der Waals surface area contributed by atoms with E-state index in [0.717, 1.165) is 10.0 Å². The van der Waals surface area contributed by atoms with Crippen LogP contribution in [0.2, 0.25) is 0 Å². The standard InChI is InChI=1S/C17H18BrN5O4/c1-17(11-22-9-14(23(25)26)19-15(22)27-17)10-21-7-6-20(16(21)24)8-12-2-4-13(18)5-3-12/h2-5,9H,6-8,10-11H2,1H3. The molecular formula is C17H18BrN5O4. The van der Waals surface area contributed by atoms with Crippen LogP contribution in [0.25, 0.3) is 0 Å². The molecule has 0 spiro atoms. The summed E-state index contributed by atoms with van der Waals surface area (Å²) in [4.78, 5) is 30.5. The van der Waals surface area contributed by atoms with Gasteiger partial charge in [-0.2, -0.15) is 0 Å². The molecule has 1 aromatic heterocycles. The first kappa shape index (κ1) is 17.8. The van der Waals surface area contributed by atoms with Crippen LogP contribution in [0.3, 0.4) is 0 Å². The molecule has 1 aromatic carbocycles. The highest BCUT2D eigenvalue weighted by Gasteiger charge is 2.44. The number of amides is 2. The number of nitro groups is 1. The lowest BCUT2D eigenvalue weighted by Gasteiger charge is -2.28. The van der Waals surface area contributed by atoms with Gasteiger partial charge in [-0.1, -0.05) is 28.1 Å². The fraction of sp³-hybridized carbons (Fsp3) is 0.412. The Hall–Kier alpha value is -2.62. The zero-order chi connectivity index (χ0) is 19.2. The zero-order valence-electron chi connectivity index (χ0n) is 14.7. The van der Waals surface area contributed by atoms with Gasteiger partial charge in [0.15, 0.2) is 0 Å². The van der Waals surface area contributed by atoms with Crippen LogP contribution in [-0.4, -0.2) is 55.5 Å². The van der Waals surface area contributed by atoms with Gasteiger partial charge in [0.1, 0.15) is 11.8 Å². The van der Waals surface area contributed by atoms with Crippen LogP contribution in [0.5, 0.6) is 6.01 Å². The molecule has 4 rings (SSSR count). The van der Waals surface area contributed by atoms with E-state index in [1.54, 1.807) is 9.47 Å². The molecule has 10 heteroatoms. The van der Waals surface area contributed by atoms with E-state index in [2.05, 4.69) is 20.9 Å². The first-order valence-corrected chi connectivity index (χ1v) is 9.31. The van der Waals surface area contributed by atoms with Crippen LogP contribution in [0.15, 0.2) is 34.9 Å². The molecule has 1 saturated heterocycles. The predicted molar refractivity (Wildman–Crippen MR) is 99.4 cm³/mol.